The maximum Gasteiger partial charge on any atom is 0.173 e. The van der Waals surface area contributed by atoms with Gasteiger partial charge in [-0.2, -0.15) is 0 Å². The Labute approximate surface area is 187 Å². The molecule has 1 fully saturated rings. The van der Waals surface area contributed by atoms with Crippen LogP contribution < -0.4 is 9.64 Å². The monoisotopic (exact) mass is 440 g/mol. The van der Waals surface area contributed by atoms with Gasteiger partial charge in [-0.1, -0.05) is 12.1 Å². The average Bonchev–Trinajstić information content (AvgIpc) is 3.28. The van der Waals surface area contributed by atoms with Crippen LogP contribution in [0.1, 0.15) is 24.4 Å². The lowest BCUT2D eigenvalue weighted by atomic mass is 10.0. The summed E-state index contributed by atoms with van der Waals surface area (Å²) in [7, 11) is 1.67. The van der Waals surface area contributed by atoms with E-state index in [2.05, 4.69) is 37.5 Å². The van der Waals surface area contributed by atoms with E-state index < -0.39 is 0 Å². The van der Waals surface area contributed by atoms with Crippen molar-refractivity contribution in [2.45, 2.75) is 19.5 Å². The molecule has 1 aliphatic heterocycles. The molecule has 0 saturated carbocycles. The molecule has 2 heterocycles. The van der Waals surface area contributed by atoms with Gasteiger partial charge in [-0.25, -0.2) is 9.07 Å². The highest BCUT2D eigenvalue weighted by molar-refractivity contribution is 5.46. The van der Waals surface area contributed by atoms with Crippen molar-refractivity contribution in [2.75, 3.05) is 51.4 Å². The third kappa shape index (κ3) is 5.05. The van der Waals surface area contributed by atoms with Crippen LogP contribution in [0.15, 0.2) is 48.5 Å². The lowest BCUT2D eigenvalue weighted by Crippen LogP contribution is -2.48. The van der Waals surface area contributed by atoms with Gasteiger partial charge in [0, 0.05) is 39.0 Å². The normalized spacial score (nSPS) is 15.7. The van der Waals surface area contributed by atoms with E-state index in [9.17, 15) is 4.39 Å². The molecule has 1 unspecified atom stereocenters. The van der Waals surface area contributed by atoms with E-state index in [1.807, 2.05) is 35.9 Å². The lowest BCUT2D eigenvalue weighted by Gasteiger charge is -2.40. The first-order valence-corrected chi connectivity index (χ1v) is 10.9. The van der Waals surface area contributed by atoms with Crippen LogP contribution in [-0.2, 0) is 11.3 Å². The molecule has 4 rings (SSSR count). The van der Waals surface area contributed by atoms with Gasteiger partial charge < -0.3 is 14.4 Å². The topological polar surface area (TPSA) is 68.5 Å². The van der Waals surface area contributed by atoms with Gasteiger partial charge in [0.2, 0.25) is 0 Å². The number of tetrazole rings is 1. The number of hydrogen-bond acceptors (Lipinski definition) is 7. The molecule has 0 aliphatic carbocycles. The molecule has 2 aromatic carbocycles. The summed E-state index contributed by atoms with van der Waals surface area (Å²) in [6.07, 6.45) is 0. The fourth-order valence-corrected chi connectivity index (χ4v) is 4.07. The molecule has 170 valence electrons. The minimum atomic E-state index is -0.217. The van der Waals surface area contributed by atoms with E-state index in [1.54, 1.807) is 7.11 Å². The van der Waals surface area contributed by atoms with Crippen LogP contribution in [0.5, 0.6) is 5.75 Å². The summed E-state index contributed by atoms with van der Waals surface area (Å²) < 4.78 is 26.0. The molecule has 1 saturated heterocycles. The Morgan fingerprint density at radius 3 is 2.38 bits per heavy atom. The maximum atomic E-state index is 13.3. The van der Waals surface area contributed by atoms with E-state index in [-0.39, 0.29) is 11.9 Å². The molecular formula is C23H29FN6O2. The summed E-state index contributed by atoms with van der Waals surface area (Å²) in [6, 6.07) is 14.7. The molecule has 32 heavy (non-hydrogen) atoms. The second-order valence-corrected chi connectivity index (χ2v) is 7.66. The number of hydrogen-bond donors (Lipinski definition) is 0. The van der Waals surface area contributed by atoms with Crippen LogP contribution in [0.4, 0.5) is 10.1 Å². The second-order valence-electron chi connectivity index (χ2n) is 7.66. The number of anilines is 1. The van der Waals surface area contributed by atoms with Crippen molar-refractivity contribution in [2.24, 2.45) is 0 Å². The van der Waals surface area contributed by atoms with Gasteiger partial charge >= 0.3 is 0 Å². The first-order chi connectivity index (χ1) is 15.7. The lowest BCUT2D eigenvalue weighted by molar-refractivity contribution is 0.171. The molecule has 0 amide bonds. The number of aromatic nitrogens is 4. The Balaban J connectivity index is 1.57. The van der Waals surface area contributed by atoms with Gasteiger partial charge in [-0.05, 0) is 59.3 Å². The first kappa shape index (κ1) is 22.2. The Morgan fingerprint density at radius 2 is 1.72 bits per heavy atom. The molecule has 1 atom stereocenters. The van der Waals surface area contributed by atoms with Gasteiger partial charge in [-0.3, -0.25) is 4.90 Å². The zero-order valence-corrected chi connectivity index (χ0v) is 18.5. The van der Waals surface area contributed by atoms with Crippen molar-refractivity contribution in [3.63, 3.8) is 0 Å². The van der Waals surface area contributed by atoms with Crippen molar-refractivity contribution in [3.8, 4) is 5.75 Å². The standard InChI is InChI=1S/C23H29FN6O2/c1-3-32-21-10-4-18(5-11-21)22(23-25-26-27-30(23)16-17-31-2)29-14-12-28(13-15-29)20-8-6-19(24)7-9-20/h4-11,22H,3,12-17H2,1-2H3. The Morgan fingerprint density at radius 1 is 1.00 bits per heavy atom. The smallest absolute Gasteiger partial charge is 0.173 e. The third-order valence-electron chi connectivity index (χ3n) is 5.69. The van der Waals surface area contributed by atoms with E-state index in [0.29, 0.717) is 19.8 Å². The second kappa shape index (κ2) is 10.5. The van der Waals surface area contributed by atoms with Crippen LogP contribution in [-0.4, -0.2) is 71.6 Å². The van der Waals surface area contributed by atoms with Crippen molar-refractivity contribution in [3.05, 3.63) is 65.7 Å². The molecular weight excluding hydrogens is 411 g/mol. The zero-order valence-electron chi connectivity index (χ0n) is 18.5. The molecule has 1 aromatic heterocycles. The summed E-state index contributed by atoms with van der Waals surface area (Å²) in [5.41, 5.74) is 2.14. The molecule has 1 aliphatic rings. The predicted octanol–water partition coefficient (Wildman–Crippen LogP) is 2.77. The predicted molar refractivity (Wildman–Crippen MR) is 119 cm³/mol. The summed E-state index contributed by atoms with van der Waals surface area (Å²) >= 11 is 0. The Bertz CT molecular complexity index is 971. The molecule has 3 aromatic rings. The number of nitrogens with zero attached hydrogens (tertiary/aromatic N) is 6. The Kier molecular flexibility index (Phi) is 7.28. The fraction of sp³-hybridized carbons (Fsp3) is 0.435. The van der Waals surface area contributed by atoms with Crippen LogP contribution in [0.3, 0.4) is 0 Å². The van der Waals surface area contributed by atoms with Gasteiger partial charge in [-0.15, -0.1) is 5.10 Å². The third-order valence-corrected chi connectivity index (χ3v) is 5.69. The SMILES string of the molecule is CCOc1ccc(C(c2nnnn2CCOC)N2CCN(c3ccc(F)cc3)CC2)cc1. The van der Waals surface area contributed by atoms with Gasteiger partial charge in [0.05, 0.1) is 25.8 Å². The fourth-order valence-electron chi connectivity index (χ4n) is 4.07. The Hall–Kier alpha value is -3.04. The molecule has 0 bridgehead atoms. The molecule has 9 heteroatoms. The first-order valence-electron chi connectivity index (χ1n) is 10.9. The van der Waals surface area contributed by atoms with E-state index in [4.69, 9.17) is 9.47 Å². The highest BCUT2D eigenvalue weighted by atomic mass is 19.1. The summed E-state index contributed by atoms with van der Waals surface area (Å²) in [6.45, 7) is 7.04. The molecule has 0 N–H and O–H groups in total. The number of ether oxygens (including phenoxy) is 2. The number of methoxy groups -OCH3 is 1. The minimum absolute atomic E-state index is 0.0899. The summed E-state index contributed by atoms with van der Waals surface area (Å²) in [5, 5.41) is 12.5. The highest BCUT2D eigenvalue weighted by Gasteiger charge is 2.30. The van der Waals surface area contributed by atoms with Crippen molar-refractivity contribution in [1.29, 1.82) is 0 Å². The maximum absolute atomic E-state index is 13.3. The largest absolute Gasteiger partial charge is 0.494 e. The minimum Gasteiger partial charge on any atom is -0.494 e. The van der Waals surface area contributed by atoms with Crippen molar-refractivity contribution < 1.29 is 13.9 Å². The quantitative estimate of drug-likeness (QED) is 0.507. The van der Waals surface area contributed by atoms with Crippen LogP contribution in [0, 0.1) is 5.82 Å². The van der Waals surface area contributed by atoms with E-state index >= 15 is 0 Å². The van der Waals surface area contributed by atoms with Crippen LogP contribution in [0.25, 0.3) is 0 Å². The van der Waals surface area contributed by atoms with Crippen molar-refractivity contribution >= 4 is 5.69 Å². The summed E-state index contributed by atoms with van der Waals surface area (Å²) in [4.78, 5) is 4.67. The number of halogens is 1. The van der Waals surface area contributed by atoms with Crippen LogP contribution in [0.2, 0.25) is 0 Å². The molecule has 8 nitrogen and oxygen atoms in total. The van der Waals surface area contributed by atoms with Gasteiger partial charge in [0.1, 0.15) is 11.6 Å². The molecule has 0 spiro atoms. The van der Waals surface area contributed by atoms with E-state index in [1.165, 1.54) is 12.1 Å². The average molecular weight is 441 g/mol. The number of rotatable bonds is 9. The highest BCUT2D eigenvalue weighted by Crippen LogP contribution is 2.30. The number of piperazine rings is 1. The molecule has 0 radical (unpaired) electrons. The van der Waals surface area contributed by atoms with Gasteiger partial charge in [0.25, 0.3) is 0 Å². The number of benzene rings is 2. The van der Waals surface area contributed by atoms with Crippen LogP contribution >= 0.6 is 0 Å². The van der Waals surface area contributed by atoms with Crippen molar-refractivity contribution in [1.82, 2.24) is 25.1 Å². The zero-order chi connectivity index (χ0) is 22.3. The summed E-state index contributed by atoms with van der Waals surface area (Å²) in [5.74, 6) is 1.42. The van der Waals surface area contributed by atoms with Gasteiger partial charge in [0.15, 0.2) is 5.82 Å². The van der Waals surface area contributed by atoms with E-state index in [0.717, 1.165) is 49.0 Å².